The van der Waals surface area contributed by atoms with Crippen LogP contribution in [0.2, 0.25) is 0 Å². The van der Waals surface area contributed by atoms with Gasteiger partial charge < -0.3 is 19.3 Å². The highest BCUT2D eigenvalue weighted by Gasteiger charge is 2.25. The Hall–Kier alpha value is -2.70. The monoisotopic (exact) mass is 372 g/mol. The molecule has 3 rings (SSSR count). The summed E-state index contributed by atoms with van der Waals surface area (Å²) in [5.41, 5.74) is 2.54. The van der Waals surface area contributed by atoms with Crippen LogP contribution in [-0.4, -0.2) is 60.1 Å². The minimum Gasteiger partial charge on any atom is -0.497 e. The topological polar surface area (TPSA) is 70.7 Å². The van der Waals surface area contributed by atoms with Crippen LogP contribution in [0.4, 0.5) is 10.5 Å². The first-order valence-electron chi connectivity index (χ1n) is 9.28. The standard InChI is InChI=1S/C20H28N4O3/c1-20(2,3)27-19(25)24-10-6-9-23(11-12-24)17-14-21-22-18(17)15-7-5-8-16(13-15)26-4/h5,7-8,13-14H,6,9-12H2,1-4H3,(H,21,22). The van der Waals surface area contributed by atoms with Crippen molar-refractivity contribution in [2.45, 2.75) is 32.8 Å². The lowest BCUT2D eigenvalue weighted by atomic mass is 10.1. The van der Waals surface area contributed by atoms with Gasteiger partial charge in [-0.3, -0.25) is 5.10 Å². The van der Waals surface area contributed by atoms with E-state index in [1.807, 2.05) is 51.2 Å². The molecule has 1 saturated heterocycles. The number of rotatable bonds is 3. The molecule has 0 bridgehead atoms. The number of carbonyl (C=O) groups excluding carboxylic acids is 1. The summed E-state index contributed by atoms with van der Waals surface area (Å²) in [4.78, 5) is 16.4. The van der Waals surface area contributed by atoms with E-state index in [-0.39, 0.29) is 6.09 Å². The molecular formula is C20H28N4O3. The van der Waals surface area contributed by atoms with Crippen molar-refractivity contribution >= 4 is 11.8 Å². The summed E-state index contributed by atoms with van der Waals surface area (Å²) in [6, 6.07) is 7.90. The highest BCUT2D eigenvalue weighted by atomic mass is 16.6. The highest BCUT2D eigenvalue weighted by Crippen LogP contribution is 2.31. The van der Waals surface area contributed by atoms with Crippen LogP contribution in [0.3, 0.4) is 0 Å². The van der Waals surface area contributed by atoms with E-state index in [0.717, 1.165) is 42.2 Å². The minimum absolute atomic E-state index is 0.246. The molecule has 1 N–H and O–H groups in total. The number of hydrogen-bond donors (Lipinski definition) is 1. The number of ether oxygens (including phenoxy) is 2. The third-order valence-electron chi connectivity index (χ3n) is 4.47. The number of amides is 1. The molecule has 146 valence electrons. The molecule has 0 atom stereocenters. The number of methoxy groups -OCH3 is 1. The van der Waals surface area contributed by atoms with Crippen molar-refractivity contribution in [3.8, 4) is 17.0 Å². The first kappa shape index (κ1) is 19.1. The number of carbonyl (C=O) groups is 1. The third-order valence-corrected chi connectivity index (χ3v) is 4.47. The predicted molar refractivity (Wildman–Crippen MR) is 105 cm³/mol. The van der Waals surface area contributed by atoms with Gasteiger partial charge in [-0.15, -0.1) is 0 Å². The maximum Gasteiger partial charge on any atom is 0.410 e. The van der Waals surface area contributed by atoms with Gasteiger partial charge in [-0.25, -0.2) is 4.79 Å². The number of aromatic amines is 1. The molecule has 2 aromatic rings. The molecule has 0 radical (unpaired) electrons. The van der Waals surface area contributed by atoms with Gasteiger partial charge in [0.05, 0.1) is 24.7 Å². The first-order chi connectivity index (χ1) is 12.9. The molecule has 7 nitrogen and oxygen atoms in total. The number of benzene rings is 1. The summed E-state index contributed by atoms with van der Waals surface area (Å²) >= 11 is 0. The molecule has 0 saturated carbocycles. The molecule has 0 unspecified atom stereocenters. The molecule has 2 heterocycles. The molecule has 1 aromatic carbocycles. The molecule has 1 aliphatic heterocycles. The Labute approximate surface area is 160 Å². The quantitative estimate of drug-likeness (QED) is 0.892. The van der Waals surface area contributed by atoms with Gasteiger partial charge in [0.2, 0.25) is 0 Å². The van der Waals surface area contributed by atoms with Crippen molar-refractivity contribution in [1.82, 2.24) is 15.1 Å². The molecule has 1 aliphatic rings. The van der Waals surface area contributed by atoms with E-state index in [0.29, 0.717) is 13.1 Å². The molecule has 27 heavy (non-hydrogen) atoms. The first-order valence-corrected chi connectivity index (χ1v) is 9.28. The number of hydrogen-bond acceptors (Lipinski definition) is 5. The number of aromatic nitrogens is 2. The van der Waals surface area contributed by atoms with E-state index in [4.69, 9.17) is 9.47 Å². The van der Waals surface area contributed by atoms with E-state index in [9.17, 15) is 4.79 Å². The lowest BCUT2D eigenvalue weighted by Gasteiger charge is -2.26. The van der Waals surface area contributed by atoms with Gasteiger partial charge in [0, 0.05) is 31.7 Å². The van der Waals surface area contributed by atoms with Crippen LogP contribution in [0, 0.1) is 0 Å². The summed E-state index contributed by atoms with van der Waals surface area (Å²) in [5, 5.41) is 7.35. The number of nitrogens with zero attached hydrogens (tertiary/aromatic N) is 3. The molecule has 7 heteroatoms. The SMILES string of the molecule is COc1cccc(-c2[nH]ncc2N2CCCN(C(=O)OC(C)(C)C)CC2)c1. The average molecular weight is 372 g/mol. The van der Waals surface area contributed by atoms with Crippen LogP contribution >= 0.6 is 0 Å². The Morgan fingerprint density at radius 3 is 2.74 bits per heavy atom. The maximum absolute atomic E-state index is 12.4. The normalized spacial score (nSPS) is 15.4. The zero-order chi connectivity index (χ0) is 19.4. The lowest BCUT2D eigenvalue weighted by molar-refractivity contribution is 0.0263. The summed E-state index contributed by atoms with van der Waals surface area (Å²) in [6.07, 6.45) is 2.48. The van der Waals surface area contributed by atoms with Crippen molar-refractivity contribution in [2.75, 3.05) is 38.2 Å². The Morgan fingerprint density at radius 2 is 2.00 bits per heavy atom. The Bertz CT molecular complexity index is 782. The van der Waals surface area contributed by atoms with Crippen LogP contribution < -0.4 is 9.64 Å². The van der Waals surface area contributed by atoms with Crippen LogP contribution in [0.1, 0.15) is 27.2 Å². The number of anilines is 1. The van der Waals surface area contributed by atoms with Crippen molar-refractivity contribution in [2.24, 2.45) is 0 Å². The highest BCUT2D eigenvalue weighted by molar-refractivity contribution is 5.75. The fourth-order valence-corrected chi connectivity index (χ4v) is 3.18. The Morgan fingerprint density at radius 1 is 1.19 bits per heavy atom. The van der Waals surface area contributed by atoms with Crippen molar-refractivity contribution in [1.29, 1.82) is 0 Å². The van der Waals surface area contributed by atoms with E-state index in [2.05, 4.69) is 15.1 Å². The smallest absolute Gasteiger partial charge is 0.410 e. The summed E-state index contributed by atoms with van der Waals surface area (Å²) in [7, 11) is 1.66. The zero-order valence-corrected chi connectivity index (χ0v) is 16.5. The maximum atomic E-state index is 12.4. The molecule has 1 amide bonds. The molecule has 0 aliphatic carbocycles. The van der Waals surface area contributed by atoms with Crippen molar-refractivity contribution < 1.29 is 14.3 Å². The summed E-state index contributed by atoms with van der Waals surface area (Å²) in [6.45, 7) is 8.57. The second-order valence-electron chi connectivity index (χ2n) is 7.67. The van der Waals surface area contributed by atoms with E-state index < -0.39 is 5.60 Å². The molecular weight excluding hydrogens is 344 g/mol. The van der Waals surface area contributed by atoms with Crippen LogP contribution in [0.5, 0.6) is 5.75 Å². The fraction of sp³-hybridized carbons (Fsp3) is 0.500. The van der Waals surface area contributed by atoms with Crippen molar-refractivity contribution in [3.05, 3.63) is 30.5 Å². The second kappa shape index (κ2) is 7.90. The number of H-pyrrole nitrogens is 1. The van der Waals surface area contributed by atoms with Gasteiger partial charge in [0.15, 0.2) is 0 Å². The van der Waals surface area contributed by atoms with Crippen molar-refractivity contribution in [3.63, 3.8) is 0 Å². The molecule has 1 aromatic heterocycles. The van der Waals surface area contributed by atoms with Crippen LogP contribution in [-0.2, 0) is 4.74 Å². The Kier molecular flexibility index (Phi) is 5.58. The molecule has 0 spiro atoms. The summed E-state index contributed by atoms with van der Waals surface area (Å²) in [5.74, 6) is 0.806. The largest absolute Gasteiger partial charge is 0.497 e. The van der Waals surface area contributed by atoms with Crippen LogP contribution in [0.15, 0.2) is 30.5 Å². The third kappa shape index (κ3) is 4.72. The van der Waals surface area contributed by atoms with Crippen LogP contribution in [0.25, 0.3) is 11.3 Å². The van der Waals surface area contributed by atoms with E-state index in [1.54, 1.807) is 12.0 Å². The van der Waals surface area contributed by atoms with E-state index >= 15 is 0 Å². The van der Waals surface area contributed by atoms with Gasteiger partial charge in [0.25, 0.3) is 0 Å². The number of nitrogens with one attached hydrogen (secondary N) is 1. The van der Waals surface area contributed by atoms with Gasteiger partial charge in [0.1, 0.15) is 11.4 Å². The second-order valence-corrected chi connectivity index (χ2v) is 7.67. The van der Waals surface area contributed by atoms with Gasteiger partial charge in [-0.05, 0) is 39.3 Å². The lowest BCUT2D eigenvalue weighted by Crippen LogP contribution is -2.39. The fourth-order valence-electron chi connectivity index (χ4n) is 3.18. The molecule has 1 fully saturated rings. The van der Waals surface area contributed by atoms with E-state index in [1.165, 1.54) is 0 Å². The van der Waals surface area contributed by atoms with Gasteiger partial charge in [-0.1, -0.05) is 12.1 Å². The Balaban J connectivity index is 1.73. The van der Waals surface area contributed by atoms with Gasteiger partial charge >= 0.3 is 6.09 Å². The zero-order valence-electron chi connectivity index (χ0n) is 16.5. The van der Waals surface area contributed by atoms with Gasteiger partial charge in [-0.2, -0.15) is 5.10 Å². The summed E-state index contributed by atoms with van der Waals surface area (Å²) < 4.78 is 10.8. The predicted octanol–water partition coefficient (Wildman–Crippen LogP) is 3.53. The average Bonchev–Trinajstić information content (AvgIpc) is 2.98. The minimum atomic E-state index is -0.479.